The highest BCUT2D eigenvalue weighted by molar-refractivity contribution is 6.05. The standard InChI is InChI=1S/C15H14N6O4/c1-25-11-5-2-9(3-6-11)15(22)17-12-8-10(14-18-21(16)19-14)4-7-13(12)20(23)24/h2-8H,16H2,1H3,(H,17,22)(H,18,19). The van der Waals surface area contributed by atoms with E-state index in [1.54, 1.807) is 24.3 Å². The maximum atomic E-state index is 12.4. The smallest absolute Gasteiger partial charge is 0.292 e. The van der Waals surface area contributed by atoms with Gasteiger partial charge in [0, 0.05) is 17.2 Å². The van der Waals surface area contributed by atoms with E-state index in [1.165, 1.54) is 25.3 Å². The summed E-state index contributed by atoms with van der Waals surface area (Å²) < 4.78 is 5.03. The maximum Gasteiger partial charge on any atom is 0.292 e. The second-order valence-corrected chi connectivity index (χ2v) is 5.08. The van der Waals surface area contributed by atoms with E-state index in [1.807, 2.05) is 0 Å². The van der Waals surface area contributed by atoms with Gasteiger partial charge in [-0.3, -0.25) is 14.9 Å². The monoisotopic (exact) mass is 342 g/mol. The molecule has 10 nitrogen and oxygen atoms in total. The Bertz CT molecular complexity index is 916. The number of carbonyl (C=O) groups excluding carboxylic acids is 1. The van der Waals surface area contributed by atoms with Crippen LogP contribution in [0.2, 0.25) is 0 Å². The van der Waals surface area contributed by atoms with Crippen molar-refractivity contribution in [1.82, 2.24) is 15.1 Å². The van der Waals surface area contributed by atoms with Crippen molar-refractivity contribution < 1.29 is 14.5 Å². The zero-order valence-corrected chi connectivity index (χ0v) is 13.1. The van der Waals surface area contributed by atoms with Crippen LogP contribution in [0, 0.1) is 10.1 Å². The molecular formula is C15H14N6O4. The SMILES string of the molecule is COc1ccc(C(=O)Nc2cc(-c3nn(N)[nH]3)ccc2[N+](=O)[O-])cc1. The predicted octanol–water partition coefficient (Wildman–Crippen LogP) is 1.76. The fourth-order valence-corrected chi connectivity index (χ4v) is 2.22. The van der Waals surface area contributed by atoms with Crippen molar-refractivity contribution in [2.45, 2.75) is 0 Å². The first-order valence-corrected chi connectivity index (χ1v) is 7.12. The van der Waals surface area contributed by atoms with Crippen molar-refractivity contribution in [2.24, 2.45) is 0 Å². The van der Waals surface area contributed by atoms with Crippen molar-refractivity contribution in [2.75, 3.05) is 18.3 Å². The minimum atomic E-state index is -0.571. The third-order valence-electron chi connectivity index (χ3n) is 3.50. The normalized spacial score (nSPS) is 10.4. The molecule has 0 saturated heterocycles. The summed E-state index contributed by atoms with van der Waals surface area (Å²) in [7, 11) is 1.52. The molecule has 0 aliphatic carbocycles. The average molecular weight is 342 g/mol. The van der Waals surface area contributed by atoms with Crippen LogP contribution in [0.25, 0.3) is 11.4 Å². The van der Waals surface area contributed by atoms with Crippen LogP contribution in [-0.2, 0) is 0 Å². The van der Waals surface area contributed by atoms with E-state index in [0.29, 0.717) is 22.7 Å². The van der Waals surface area contributed by atoms with Crippen molar-refractivity contribution >= 4 is 17.3 Å². The molecule has 3 rings (SSSR count). The molecule has 1 amide bonds. The van der Waals surface area contributed by atoms with Crippen molar-refractivity contribution in [3.05, 3.63) is 58.1 Å². The minimum absolute atomic E-state index is 0.0586. The predicted molar refractivity (Wildman–Crippen MR) is 89.8 cm³/mol. The molecule has 0 fully saturated rings. The molecule has 0 unspecified atom stereocenters. The van der Waals surface area contributed by atoms with Crippen LogP contribution in [0.4, 0.5) is 11.4 Å². The van der Waals surface area contributed by atoms with Gasteiger partial charge in [-0.15, -0.1) is 10.0 Å². The number of aromatic nitrogens is 3. The number of methoxy groups -OCH3 is 1. The van der Waals surface area contributed by atoms with Gasteiger partial charge in [0.15, 0.2) is 5.82 Å². The zero-order chi connectivity index (χ0) is 18.0. The minimum Gasteiger partial charge on any atom is -0.497 e. The number of nitro groups is 1. The molecule has 0 radical (unpaired) electrons. The number of carbonyl (C=O) groups is 1. The van der Waals surface area contributed by atoms with Crippen molar-refractivity contribution in [3.8, 4) is 17.1 Å². The van der Waals surface area contributed by atoms with Crippen LogP contribution < -0.4 is 15.9 Å². The van der Waals surface area contributed by atoms with Gasteiger partial charge >= 0.3 is 0 Å². The molecule has 1 aromatic heterocycles. The third-order valence-corrected chi connectivity index (χ3v) is 3.50. The van der Waals surface area contributed by atoms with Gasteiger partial charge in [-0.1, -0.05) is 0 Å². The largest absolute Gasteiger partial charge is 0.497 e. The average Bonchev–Trinajstić information content (AvgIpc) is 2.58. The lowest BCUT2D eigenvalue weighted by molar-refractivity contribution is -0.383. The third kappa shape index (κ3) is 3.27. The lowest BCUT2D eigenvalue weighted by atomic mass is 10.1. The molecule has 0 aliphatic heterocycles. The van der Waals surface area contributed by atoms with Crippen LogP contribution in [0.1, 0.15) is 10.4 Å². The van der Waals surface area contributed by atoms with Gasteiger partial charge in [-0.05, 0) is 36.4 Å². The molecule has 128 valence electrons. The molecule has 4 N–H and O–H groups in total. The summed E-state index contributed by atoms with van der Waals surface area (Å²) >= 11 is 0. The van der Waals surface area contributed by atoms with E-state index in [-0.39, 0.29) is 11.4 Å². The highest BCUT2D eigenvalue weighted by atomic mass is 16.6. The Hall–Kier alpha value is -3.82. The molecule has 2 aromatic carbocycles. The lowest BCUT2D eigenvalue weighted by Crippen LogP contribution is -2.24. The molecule has 3 aromatic rings. The number of nitrogens with one attached hydrogen (secondary N) is 2. The molecule has 0 bridgehead atoms. The number of aromatic amines is 1. The summed E-state index contributed by atoms with van der Waals surface area (Å²) in [6.45, 7) is 0. The number of nitrogen functional groups attached to an aromatic ring is 1. The van der Waals surface area contributed by atoms with Crippen LogP contribution >= 0.6 is 0 Å². The van der Waals surface area contributed by atoms with E-state index in [0.717, 1.165) is 4.91 Å². The van der Waals surface area contributed by atoms with Gasteiger partial charge in [-0.25, -0.2) is 5.10 Å². The van der Waals surface area contributed by atoms with Crippen molar-refractivity contribution in [3.63, 3.8) is 0 Å². The van der Waals surface area contributed by atoms with Gasteiger partial charge in [0.1, 0.15) is 11.4 Å². The fourth-order valence-electron chi connectivity index (χ4n) is 2.22. The topological polar surface area (TPSA) is 141 Å². The summed E-state index contributed by atoms with van der Waals surface area (Å²) in [5.74, 6) is 5.91. The van der Waals surface area contributed by atoms with E-state index >= 15 is 0 Å². The number of anilines is 1. The van der Waals surface area contributed by atoms with Crippen LogP contribution in [0.5, 0.6) is 5.75 Å². The zero-order valence-electron chi connectivity index (χ0n) is 13.1. The number of nitrogens with two attached hydrogens (primary N) is 1. The van der Waals surface area contributed by atoms with E-state index in [9.17, 15) is 14.9 Å². The number of hydrogen-bond acceptors (Lipinski definition) is 6. The van der Waals surface area contributed by atoms with Crippen LogP contribution in [0.15, 0.2) is 42.5 Å². The Labute approximate surface area is 141 Å². The summed E-state index contributed by atoms with van der Waals surface area (Å²) in [5, 5.41) is 20.3. The highest BCUT2D eigenvalue weighted by Crippen LogP contribution is 2.29. The Kier molecular flexibility index (Phi) is 4.08. The number of benzene rings is 2. The van der Waals surface area contributed by atoms with Crippen LogP contribution in [0.3, 0.4) is 0 Å². The highest BCUT2D eigenvalue weighted by Gasteiger charge is 2.19. The van der Waals surface area contributed by atoms with E-state index < -0.39 is 10.8 Å². The number of hydrogen-bond donors (Lipinski definition) is 3. The summed E-state index contributed by atoms with van der Waals surface area (Å²) in [4.78, 5) is 24.0. The van der Waals surface area contributed by atoms with Gasteiger partial charge in [0.2, 0.25) is 0 Å². The second kappa shape index (κ2) is 6.35. The first-order chi connectivity index (χ1) is 12.0. The summed E-state index contributed by atoms with van der Waals surface area (Å²) in [5.41, 5.74) is 0.725. The van der Waals surface area contributed by atoms with Gasteiger partial charge in [0.05, 0.1) is 12.0 Å². The molecule has 0 saturated carbocycles. The quantitative estimate of drug-likeness (QED) is 0.366. The molecular weight excluding hydrogens is 328 g/mol. The Morgan fingerprint density at radius 2 is 2.00 bits per heavy atom. The number of H-pyrrole nitrogens is 1. The summed E-state index contributed by atoms with van der Waals surface area (Å²) in [6.07, 6.45) is 0. The maximum absolute atomic E-state index is 12.4. The number of amides is 1. The molecule has 1 heterocycles. The Morgan fingerprint density at radius 3 is 2.56 bits per heavy atom. The second-order valence-electron chi connectivity index (χ2n) is 5.08. The number of rotatable bonds is 5. The molecule has 10 heteroatoms. The first kappa shape index (κ1) is 16.1. The molecule has 0 atom stereocenters. The number of nitro benzene ring substituents is 1. The van der Waals surface area contributed by atoms with Crippen LogP contribution in [-0.4, -0.2) is 33.0 Å². The molecule has 25 heavy (non-hydrogen) atoms. The first-order valence-electron chi connectivity index (χ1n) is 7.12. The van der Waals surface area contributed by atoms with Gasteiger partial charge in [-0.2, -0.15) is 0 Å². The van der Waals surface area contributed by atoms with E-state index in [2.05, 4.69) is 15.5 Å². The molecule has 0 aliphatic rings. The lowest BCUT2D eigenvalue weighted by Gasteiger charge is -2.11. The Morgan fingerprint density at radius 1 is 1.32 bits per heavy atom. The van der Waals surface area contributed by atoms with E-state index in [4.69, 9.17) is 10.6 Å². The number of nitrogens with zero attached hydrogens (tertiary/aromatic N) is 3. The Balaban J connectivity index is 1.90. The fraction of sp³-hybridized carbons (Fsp3) is 0.0667. The number of ether oxygens (including phenoxy) is 1. The van der Waals surface area contributed by atoms with Crippen molar-refractivity contribution in [1.29, 1.82) is 0 Å². The summed E-state index contributed by atoms with van der Waals surface area (Å²) in [6, 6.07) is 10.6. The van der Waals surface area contributed by atoms with Gasteiger partial charge in [0.25, 0.3) is 11.6 Å². The molecule has 0 spiro atoms. The van der Waals surface area contributed by atoms with Gasteiger partial charge < -0.3 is 15.9 Å².